The van der Waals surface area contributed by atoms with Gasteiger partial charge in [0.05, 0.1) is 11.0 Å². The van der Waals surface area contributed by atoms with Gasteiger partial charge < -0.3 is 9.47 Å². The van der Waals surface area contributed by atoms with Crippen LogP contribution in [-0.4, -0.2) is 41.0 Å². The Morgan fingerprint density at radius 2 is 2.00 bits per heavy atom. The van der Waals surface area contributed by atoms with Gasteiger partial charge in [0, 0.05) is 30.4 Å². The summed E-state index contributed by atoms with van der Waals surface area (Å²) in [4.78, 5) is 6.93. The topological polar surface area (TPSA) is 21.1 Å². The summed E-state index contributed by atoms with van der Waals surface area (Å²) in [6.07, 6.45) is 0.770. The van der Waals surface area contributed by atoms with E-state index in [1.807, 2.05) is 18.2 Å². The maximum Gasteiger partial charge on any atom is 0.111 e. The highest BCUT2D eigenvalue weighted by Crippen LogP contribution is 2.26. The van der Waals surface area contributed by atoms with Crippen LogP contribution in [0.5, 0.6) is 0 Å². The number of imidazole rings is 1. The minimum absolute atomic E-state index is 0.139. The number of benzene rings is 1. The van der Waals surface area contributed by atoms with Crippen molar-refractivity contribution >= 4 is 34.2 Å². The van der Waals surface area contributed by atoms with Crippen LogP contribution in [0.25, 0.3) is 11.0 Å². The molecule has 2 aromatic rings. The molecule has 0 aliphatic carbocycles. The molecule has 0 aliphatic heterocycles. The van der Waals surface area contributed by atoms with Crippen molar-refractivity contribution in [3.63, 3.8) is 0 Å². The molecule has 0 saturated heterocycles. The number of halogens is 2. The van der Waals surface area contributed by atoms with Crippen LogP contribution in [-0.2, 0) is 13.0 Å². The summed E-state index contributed by atoms with van der Waals surface area (Å²) in [7, 11) is 4.20. The first-order valence-electron chi connectivity index (χ1n) is 7.18. The second-order valence-electron chi connectivity index (χ2n) is 6.59. The Bertz CT molecular complexity index is 617. The van der Waals surface area contributed by atoms with E-state index < -0.39 is 0 Å². The lowest BCUT2D eigenvalue weighted by Crippen LogP contribution is -2.32. The summed E-state index contributed by atoms with van der Waals surface area (Å²) >= 11 is 12.1. The molecule has 0 N–H and O–H groups in total. The van der Waals surface area contributed by atoms with E-state index >= 15 is 0 Å². The fourth-order valence-electron chi connectivity index (χ4n) is 2.93. The number of fused-ring (bicyclic) bond motifs is 1. The third-order valence-corrected chi connectivity index (χ3v) is 3.86. The van der Waals surface area contributed by atoms with Crippen LogP contribution in [0.15, 0.2) is 18.2 Å². The summed E-state index contributed by atoms with van der Waals surface area (Å²) in [5.74, 6) is 1.61. The van der Waals surface area contributed by atoms with E-state index in [4.69, 9.17) is 28.2 Å². The molecule has 3 nitrogen and oxygen atoms in total. The van der Waals surface area contributed by atoms with Gasteiger partial charge in [0.15, 0.2) is 0 Å². The number of hydrogen-bond donors (Lipinski definition) is 0. The van der Waals surface area contributed by atoms with Crippen molar-refractivity contribution in [2.75, 3.05) is 26.5 Å². The summed E-state index contributed by atoms with van der Waals surface area (Å²) in [5, 5.41) is 0.742. The zero-order chi connectivity index (χ0) is 15.6. The van der Waals surface area contributed by atoms with E-state index in [-0.39, 0.29) is 5.41 Å². The Labute approximate surface area is 136 Å². The maximum atomic E-state index is 6.16. The Balaban J connectivity index is 2.44. The lowest BCUT2D eigenvalue weighted by molar-refractivity contribution is 0.211. The fraction of sp³-hybridized carbons (Fsp3) is 0.562. The van der Waals surface area contributed by atoms with E-state index in [9.17, 15) is 0 Å². The quantitative estimate of drug-likeness (QED) is 0.746. The summed E-state index contributed by atoms with van der Waals surface area (Å²) in [5.41, 5.74) is 2.22. The van der Waals surface area contributed by atoms with Crippen molar-refractivity contribution in [1.82, 2.24) is 14.5 Å². The molecule has 1 aromatic heterocycles. The second-order valence-corrected chi connectivity index (χ2v) is 7.40. The molecule has 0 saturated carbocycles. The van der Waals surface area contributed by atoms with Crippen LogP contribution in [0, 0.1) is 5.41 Å². The molecule has 1 aromatic carbocycles. The minimum atomic E-state index is 0.139. The number of aryl methyl sites for hydroxylation is 1. The van der Waals surface area contributed by atoms with Gasteiger partial charge in [-0.05, 0) is 37.7 Å². The van der Waals surface area contributed by atoms with Crippen molar-refractivity contribution in [1.29, 1.82) is 0 Å². The molecule has 0 fully saturated rings. The largest absolute Gasteiger partial charge is 0.327 e. The van der Waals surface area contributed by atoms with Gasteiger partial charge in [-0.25, -0.2) is 4.98 Å². The summed E-state index contributed by atoms with van der Waals surface area (Å²) < 4.78 is 2.27. The molecule has 21 heavy (non-hydrogen) atoms. The summed E-state index contributed by atoms with van der Waals surface area (Å²) in [6, 6.07) is 5.86. The average Bonchev–Trinajstić information content (AvgIpc) is 2.66. The van der Waals surface area contributed by atoms with Crippen LogP contribution in [0.4, 0.5) is 0 Å². The molecular formula is C16H23Cl2N3. The van der Waals surface area contributed by atoms with E-state index in [0.717, 1.165) is 41.4 Å². The summed E-state index contributed by atoms with van der Waals surface area (Å²) in [6.45, 7) is 6.45. The lowest BCUT2D eigenvalue weighted by Gasteiger charge is -2.29. The van der Waals surface area contributed by atoms with Gasteiger partial charge in [-0.3, -0.25) is 0 Å². The molecular weight excluding hydrogens is 305 g/mol. The predicted octanol–water partition coefficient (Wildman–Crippen LogP) is 4.06. The van der Waals surface area contributed by atoms with E-state index in [2.05, 4.69) is 37.4 Å². The first-order chi connectivity index (χ1) is 9.82. The van der Waals surface area contributed by atoms with Crippen LogP contribution in [0.3, 0.4) is 0 Å². The van der Waals surface area contributed by atoms with Crippen molar-refractivity contribution in [3.8, 4) is 0 Å². The van der Waals surface area contributed by atoms with Crippen LogP contribution >= 0.6 is 23.2 Å². The molecule has 0 atom stereocenters. The highest BCUT2D eigenvalue weighted by molar-refractivity contribution is 6.31. The first-order valence-corrected chi connectivity index (χ1v) is 8.09. The van der Waals surface area contributed by atoms with Gasteiger partial charge in [-0.2, -0.15) is 0 Å². The Morgan fingerprint density at radius 3 is 2.62 bits per heavy atom. The first kappa shape index (κ1) is 16.6. The van der Waals surface area contributed by atoms with Gasteiger partial charge >= 0.3 is 0 Å². The van der Waals surface area contributed by atoms with Crippen LogP contribution < -0.4 is 0 Å². The van der Waals surface area contributed by atoms with Gasteiger partial charge in [-0.1, -0.05) is 25.4 Å². The number of nitrogens with zero attached hydrogens (tertiary/aromatic N) is 3. The van der Waals surface area contributed by atoms with Gasteiger partial charge in [0.1, 0.15) is 5.82 Å². The molecule has 1 heterocycles. The monoisotopic (exact) mass is 327 g/mol. The number of hydrogen-bond acceptors (Lipinski definition) is 2. The third kappa shape index (κ3) is 4.12. The second kappa shape index (κ2) is 6.55. The van der Waals surface area contributed by atoms with Crippen molar-refractivity contribution < 1.29 is 0 Å². The molecule has 0 radical (unpaired) electrons. The Hall–Kier alpha value is -0.770. The molecule has 0 spiro atoms. The number of aromatic nitrogens is 2. The van der Waals surface area contributed by atoms with Gasteiger partial charge in [0.25, 0.3) is 0 Å². The van der Waals surface area contributed by atoms with Crippen LogP contribution in [0.2, 0.25) is 5.02 Å². The minimum Gasteiger partial charge on any atom is -0.327 e. The smallest absolute Gasteiger partial charge is 0.111 e. The number of rotatable bonds is 6. The predicted molar refractivity (Wildman–Crippen MR) is 91.5 cm³/mol. The van der Waals surface area contributed by atoms with Crippen molar-refractivity contribution in [3.05, 3.63) is 29.0 Å². The van der Waals surface area contributed by atoms with E-state index in [0.29, 0.717) is 5.88 Å². The number of alkyl halides is 1. The fourth-order valence-corrected chi connectivity index (χ4v) is 3.27. The third-order valence-electron chi connectivity index (χ3n) is 3.44. The van der Waals surface area contributed by atoms with Gasteiger partial charge in [0.2, 0.25) is 0 Å². The molecule has 5 heteroatoms. The van der Waals surface area contributed by atoms with E-state index in [1.165, 1.54) is 0 Å². The standard InChI is InChI=1S/C16H23Cl2N3/c1-16(2,10-20(3)4)11-21-14-9-12(18)5-6-13(14)19-15(21)7-8-17/h5-6,9H,7-8,10-11H2,1-4H3. The zero-order valence-electron chi connectivity index (χ0n) is 13.2. The highest BCUT2D eigenvalue weighted by atomic mass is 35.5. The van der Waals surface area contributed by atoms with Crippen molar-refractivity contribution in [2.24, 2.45) is 5.41 Å². The van der Waals surface area contributed by atoms with Crippen LogP contribution in [0.1, 0.15) is 19.7 Å². The lowest BCUT2D eigenvalue weighted by atomic mass is 9.92. The molecule has 0 aliphatic rings. The van der Waals surface area contributed by atoms with Gasteiger partial charge in [-0.15, -0.1) is 11.6 Å². The SMILES string of the molecule is CN(C)CC(C)(C)Cn1c(CCCl)nc2ccc(Cl)cc21. The molecule has 0 amide bonds. The van der Waals surface area contributed by atoms with Crippen molar-refractivity contribution in [2.45, 2.75) is 26.8 Å². The highest BCUT2D eigenvalue weighted by Gasteiger charge is 2.22. The molecule has 0 unspecified atom stereocenters. The Morgan fingerprint density at radius 1 is 1.29 bits per heavy atom. The zero-order valence-corrected chi connectivity index (χ0v) is 14.7. The molecule has 2 rings (SSSR count). The maximum absolute atomic E-state index is 6.16. The Kier molecular flexibility index (Phi) is 5.18. The normalized spacial score (nSPS) is 12.5. The molecule has 0 bridgehead atoms. The average molecular weight is 328 g/mol. The molecule has 116 valence electrons. The van der Waals surface area contributed by atoms with E-state index in [1.54, 1.807) is 0 Å².